The quantitative estimate of drug-likeness (QED) is 0.598. The van der Waals surface area contributed by atoms with E-state index in [1.807, 2.05) is 4.98 Å². The molecule has 3 N–H and O–H groups in total. The predicted molar refractivity (Wildman–Crippen MR) is 57.8 cm³/mol. The first-order chi connectivity index (χ1) is 8.49. The normalized spacial score (nSPS) is 17.3. The van der Waals surface area contributed by atoms with Crippen molar-refractivity contribution < 1.29 is 19.7 Å². The number of aliphatic hydroxyl groups is 2. The van der Waals surface area contributed by atoms with E-state index in [9.17, 15) is 19.5 Å². The highest BCUT2D eigenvalue weighted by atomic mass is 16.6. The minimum absolute atomic E-state index is 0.0461. The van der Waals surface area contributed by atoms with Gasteiger partial charge in [-0.1, -0.05) is 0 Å². The van der Waals surface area contributed by atoms with Crippen LogP contribution in [-0.2, 0) is 16.1 Å². The van der Waals surface area contributed by atoms with Gasteiger partial charge in [0.2, 0.25) is 11.5 Å². The Bertz CT molecular complexity index is 678. The van der Waals surface area contributed by atoms with Crippen molar-refractivity contribution in [1.29, 1.82) is 0 Å². The molecule has 0 aromatic carbocycles. The molecule has 2 rings (SSSR count). The third-order valence-corrected chi connectivity index (χ3v) is 2.22. The van der Waals surface area contributed by atoms with E-state index in [1.54, 1.807) is 0 Å². The Morgan fingerprint density at radius 3 is 2.56 bits per heavy atom. The molecule has 8 nitrogen and oxygen atoms in total. The van der Waals surface area contributed by atoms with Crippen molar-refractivity contribution in [2.75, 3.05) is 0 Å². The summed E-state index contributed by atoms with van der Waals surface area (Å²) in [5.41, 5.74) is -1.17. The number of ether oxygens (including phenoxy) is 1. The van der Waals surface area contributed by atoms with E-state index in [0.29, 0.717) is 0 Å². The van der Waals surface area contributed by atoms with Gasteiger partial charge in [-0.05, 0) is 6.08 Å². The number of nitrogens with one attached hydrogen (secondary N) is 1. The Morgan fingerprint density at radius 1 is 1.28 bits per heavy atom. The van der Waals surface area contributed by atoms with Gasteiger partial charge in [0.15, 0.2) is 5.76 Å². The number of carbonyl (C=O) groups excluding carboxylic acids is 1. The lowest BCUT2D eigenvalue weighted by atomic mass is 10.3. The molecule has 0 fully saturated rings. The van der Waals surface area contributed by atoms with E-state index in [-0.39, 0.29) is 12.3 Å². The fourth-order valence-electron chi connectivity index (χ4n) is 1.32. The number of allylic oxidation sites excluding steroid dienone is 1. The first kappa shape index (κ1) is 11.7. The molecule has 1 aliphatic rings. The van der Waals surface area contributed by atoms with Gasteiger partial charge in [0.1, 0.15) is 0 Å². The van der Waals surface area contributed by atoms with Crippen molar-refractivity contribution in [2.24, 2.45) is 0 Å². The summed E-state index contributed by atoms with van der Waals surface area (Å²) in [5.74, 6) is -2.87. The summed E-state index contributed by atoms with van der Waals surface area (Å²) < 4.78 is 5.65. The van der Waals surface area contributed by atoms with Crippen molar-refractivity contribution in [3.63, 3.8) is 0 Å². The van der Waals surface area contributed by atoms with Gasteiger partial charge in [-0.25, -0.2) is 9.59 Å². The number of cyclic esters (lactones) is 1. The van der Waals surface area contributed by atoms with Gasteiger partial charge >= 0.3 is 11.7 Å². The summed E-state index contributed by atoms with van der Waals surface area (Å²) in [6, 6.07) is 1.15. The molecule has 1 aromatic heterocycles. The number of aromatic amines is 1. The third kappa shape index (κ3) is 2.03. The third-order valence-electron chi connectivity index (χ3n) is 2.22. The second-order valence-corrected chi connectivity index (χ2v) is 3.42. The maximum atomic E-state index is 11.3. The maximum absolute atomic E-state index is 11.3. The van der Waals surface area contributed by atoms with E-state index >= 15 is 0 Å². The molecule has 0 saturated carbocycles. The van der Waals surface area contributed by atoms with Crippen LogP contribution in [0.5, 0.6) is 0 Å². The Hall–Kier alpha value is -2.77. The highest BCUT2D eigenvalue weighted by molar-refractivity contribution is 5.91. The molecule has 1 aromatic rings. The predicted octanol–water partition coefficient (Wildman–Crippen LogP) is -0.695. The molecule has 8 heteroatoms. The van der Waals surface area contributed by atoms with Crippen LogP contribution in [0.4, 0.5) is 0 Å². The number of H-pyrrole nitrogens is 1. The van der Waals surface area contributed by atoms with Crippen molar-refractivity contribution in [3.8, 4) is 0 Å². The van der Waals surface area contributed by atoms with E-state index in [1.165, 1.54) is 12.3 Å². The Kier molecular flexibility index (Phi) is 2.76. The summed E-state index contributed by atoms with van der Waals surface area (Å²) in [4.78, 5) is 35.0. The van der Waals surface area contributed by atoms with Gasteiger partial charge in [0.05, 0.1) is 0 Å². The molecule has 1 aliphatic heterocycles. The van der Waals surface area contributed by atoms with Crippen LogP contribution in [0, 0.1) is 0 Å². The van der Waals surface area contributed by atoms with Crippen LogP contribution in [0.2, 0.25) is 0 Å². The largest absolute Gasteiger partial charge is 0.502 e. The van der Waals surface area contributed by atoms with Gasteiger partial charge in [0, 0.05) is 18.8 Å². The van der Waals surface area contributed by atoms with Crippen LogP contribution in [0.25, 0.3) is 0 Å². The van der Waals surface area contributed by atoms with Gasteiger partial charge < -0.3 is 14.9 Å². The molecular formula is C10H8N2O6. The van der Waals surface area contributed by atoms with Gasteiger partial charge in [-0.2, -0.15) is 0 Å². The van der Waals surface area contributed by atoms with Crippen LogP contribution < -0.4 is 11.2 Å². The zero-order valence-electron chi connectivity index (χ0n) is 8.91. The van der Waals surface area contributed by atoms with Gasteiger partial charge in [-0.15, -0.1) is 0 Å². The topological polar surface area (TPSA) is 122 Å². The lowest BCUT2D eigenvalue weighted by Gasteiger charge is -2.01. The minimum Gasteiger partial charge on any atom is -0.502 e. The highest BCUT2D eigenvalue weighted by Gasteiger charge is 2.29. The van der Waals surface area contributed by atoms with E-state index in [4.69, 9.17) is 5.11 Å². The smallest absolute Gasteiger partial charge is 0.383 e. The number of aliphatic hydroxyl groups excluding tert-OH is 2. The summed E-state index contributed by atoms with van der Waals surface area (Å²) in [6.07, 6.45) is 2.46. The Balaban J connectivity index is 2.25. The molecule has 18 heavy (non-hydrogen) atoms. The Morgan fingerprint density at radius 2 is 2.00 bits per heavy atom. The van der Waals surface area contributed by atoms with Gasteiger partial charge in [0.25, 0.3) is 5.56 Å². The lowest BCUT2D eigenvalue weighted by molar-refractivity contribution is -0.135. The van der Waals surface area contributed by atoms with Crippen LogP contribution >= 0.6 is 0 Å². The molecule has 2 heterocycles. The van der Waals surface area contributed by atoms with Gasteiger partial charge in [-0.3, -0.25) is 14.3 Å². The van der Waals surface area contributed by atoms with Crippen LogP contribution in [0.3, 0.4) is 0 Å². The highest BCUT2D eigenvalue weighted by Crippen LogP contribution is 2.21. The summed E-state index contributed by atoms with van der Waals surface area (Å²) in [7, 11) is 0. The number of rotatable bonds is 2. The van der Waals surface area contributed by atoms with Crippen molar-refractivity contribution in [1.82, 2.24) is 9.55 Å². The van der Waals surface area contributed by atoms with Crippen molar-refractivity contribution in [2.45, 2.75) is 6.54 Å². The van der Waals surface area contributed by atoms with Crippen LogP contribution in [-0.4, -0.2) is 25.7 Å². The number of nitrogens with zero attached hydrogens (tertiary/aromatic N) is 1. The number of hydrogen-bond donors (Lipinski definition) is 3. The fraction of sp³-hybridized carbons (Fsp3) is 0.100. The number of carbonyl (C=O) groups is 1. The summed E-state index contributed by atoms with van der Waals surface area (Å²) in [6.45, 7) is -0.0461. The van der Waals surface area contributed by atoms with E-state index < -0.39 is 28.7 Å². The monoisotopic (exact) mass is 252 g/mol. The maximum Gasteiger partial charge on any atom is 0.383 e. The van der Waals surface area contributed by atoms with Crippen LogP contribution in [0.15, 0.2) is 45.2 Å². The van der Waals surface area contributed by atoms with Crippen molar-refractivity contribution in [3.05, 3.63) is 56.5 Å². The van der Waals surface area contributed by atoms with E-state index in [0.717, 1.165) is 10.6 Å². The standard InChI is InChI=1S/C10H8N2O6/c13-6-2-4-12(10(17)11-6)3-1-5-7(14)8(15)9(16)18-5/h1-2,4,14-15H,3H2,(H,11,13,17)/b5-1+. The average molecular weight is 252 g/mol. The molecule has 0 atom stereocenters. The van der Waals surface area contributed by atoms with Crippen LogP contribution in [0.1, 0.15) is 0 Å². The SMILES string of the molecule is O=C1O/C(=C/Cn2ccc(=O)[nH]c2=O)C(O)=C1O. The first-order valence-electron chi connectivity index (χ1n) is 4.83. The number of aromatic nitrogens is 2. The zero-order valence-corrected chi connectivity index (χ0v) is 8.91. The molecule has 0 radical (unpaired) electrons. The number of hydrogen-bond acceptors (Lipinski definition) is 6. The molecule has 0 spiro atoms. The van der Waals surface area contributed by atoms with E-state index in [2.05, 4.69) is 4.74 Å². The molecule has 0 bridgehead atoms. The second-order valence-electron chi connectivity index (χ2n) is 3.42. The second kappa shape index (κ2) is 4.24. The molecule has 0 saturated heterocycles. The molecule has 0 amide bonds. The zero-order chi connectivity index (χ0) is 13.3. The molecule has 94 valence electrons. The summed E-state index contributed by atoms with van der Waals surface area (Å²) in [5, 5.41) is 18.3. The number of esters is 1. The summed E-state index contributed by atoms with van der Waals surface area (Å²) >= 11 is 0. The van der Waals surface area contributed by atoms with Crippen molar-refractivity contribution >= 4 is 5.97 Å². The molecule has 0 aliphatic carbocycles. The Labute approximate surface area is 99.1 Å². The molecular weight excluding hydrogens is 244 g/mol. The minimum atomic E-state index is -1.06. The fourth-order valence-corrected chi connectivity index (χ4v) is 1.32. The molecule has 0 unspecified atom stereocenters. The lowest BCUT2D eigenvalue weighted by Crippen LogP contribution is -2.28. The average Bonchev–Trinajstić information content (AvgIpc) is 2.56. The first-order valence-corrected chi connectivity index (χ1v) is 4.83.